The molecule has 0 radical (unpaired) electrons. The summed E-state index contributed by atoms with van der Waals surface area (Å²) >= 11 is 4.03. The highest BCUT2D eigenvalue weighted by Gasteiger charge is 2.34. The number of aliphatic carboxylic acids is 1. The number of phenols is 1. The molecule has 2 rings (SSSR count). The summed E-state index contributed by atoms with van der Waals surface area (Å²) in [7, 11) is 0. The van der Waals surface area contributed by atoms with Crippen LogP contribution in [0.15, 0.2) is 12.1 Å². The number of phenolic OH excluding ortho intramolecular Hbond substituents is 1. The second-order valence-electron chi connectivity index (χ2n) is 4.80. The van der Waals surface area contributed by atoms with Gasteiger partial charge in [0.2, 0.25) is 0 Å². The Balaban J connectivity index is 2.16. The number of amides is 1. The summed E-state index contributed by atoms with van der Waals surface area (Å²) in [6, 6.07) is 3.00. The number of carboxylic acid groups (broad SMARTS) is 1. The zero-order chi connectivity index (χ0) is 14.9. The van der Waals surface area contributed by atoms with E-state index in [1.54, 1.807) is 12.1 Å². The van der Waals surface area contributed by atoms with Crippen LogP contribution in [0.3, 0.4) is 0 Å². The molecule has 5 nitrogen and oxygen atoms in total. The monoisotopic (exact) mass is 501 g/mol. The van der Waals surface area contributed by atoms with Gasteiger partial charge in [0.05, 0.1) is 15.6 Å². The van der Waals surface area contributed by atoms with E-state index in [-0.39, 0.29) is 29.7 Å². The predicted octanol–water partition coefficient (Wildman–Crippen LogP) is 2.58. The van der Waals surface area contributed by atoms with Gasteiger partial charge in [-0.15, -0.1) is 0 Å². The molecule has 1 fully saturated rings. The molecular formula is C13H13I2NO4. The third-order valence-corrected chi connectivity index (χ3v) is 4.62. The first-order valence-electron chi connectivity index (χ1n) is 6.09. The molecule has 108 valence electrons. The number of nitrogens with one attached hydrogen (secondary N) is 1. The van der Waals surface area contributed by atoms with Crippen molar-refractivity contribution < 1.29 is 19.8 Å². The molecule has 0 bridgehead atoms. The molecule has 1 aromatic rings. The highest BCUT2D eigenvalue weighted by atomic mass is 127. The zero-order valence-corrected chi connectivity index (χ0v) is 14.7. The Morgan fingerprint density at radius 1 is 1.35 bits per heavy atom. The summed E-state index contributed by atoms with van der Waals surface area (Å²) in [5, 5.41) is 21.6. The molecule has 7 heteroatoms. The molecule has 0 heterocycles. The maximum absolute atomic E-state index is 12.2. The van der Waals surface area contributed by atoms with E-state index >= 15 is 0 Å². The molecule has 0 spiro atoms. The van der Waals surface area contributed by atoms with Gasteiger partial charge >= 0.3 is 5.97 Å². The minimum Gasteiger partial charge on any atom is -0.506 e. The molecule has 0 aliphatic heterocycles. The van der Waals surface area contributed by atoms with Crippen LogP contribution in [-0.4, -0.2) is 28.1 Å². The summed E-state index contributed by atoms with van der Waals surface area (Å²) in [5.41, 5.74) is 0.192. The second-order valence-corrected chi connectivity index (χ2v) is 7.21. The molecule has 1 unspecified atom stereocenters. The van der Waals surface area contributed by atoms with Gasteiger partial charge in [-0.05, 0) is 76.1 Å². The number of hydrogen-bond donors (Lipinski definition) is 3. The third-order valence-electron chi connectivity index (χ3n) is 3.17. The van der Waals surface area contributed by atoms with Gasteiger partial charge < -0.3 is 15.5 Å². The Kier molecular flexibility index (Phi) is 5.10. The zero-order valence-electron chi connectivity index (χ0n) is 10.4. The first kappa shape index (κ1) is 15.8. The number of carbonyl (C=O) groups excluding carboxylic acids is 1. The lowest BCUT2D eigenvalue weighted by Crippen LogP contribution is -2.38. The number of aromatic hydroxyl groups is 1. The Morgan fingerprint density at radius 2 is 2.00 bits per heavy atom. The summed E-state index contributed by atoms with van der Waals surface area (Å²) in [6.07, 6.45) is 1.79. The number of carbonyl (C=O) groups is 2. The molecule has 1 aromatic carbocycles. The first-order chi connectivity index (χ1) is 9.38. The first-order valence-corrected chi connectivity index (χ1v) is 8.25. The minimum atomic E-state index is -0.927. The van der Waals surface area contributed by atoms with Gasteiger partial charge in [0, 0.05) is 9.61 Å². The van der Waals surface area contributed by atoms with Crippen molar-refractivity contribution in [2.45, 2.75) is 25.3 Å². The number of rotatable bonds is 5. The van der Waals surface area contributed by atoms with Crippen molar-refractivity contribution in [2.75, 3.05) is 0 Å². The van der Waals surface area contributed by atoms with Crippen molar-refractivity contribution in [3.63, 3.8) is 0 Å². The maximum atomic E-state index is 12.2. The Morgan fingerprint density at radius 3 is 2.55 bits per heavy atom. The molecule has 20 heavy (non-hydrogen) atoms. The highest BCUT2D eigenvalue weighted by molar-refractivity contribution is 14.1. The van der Waals surface area contributed by atoms with Crippen LogP contribution in [-0.2, 0) is 4.79 Å². The van der Waals surface area contributed by atoms with E-state index in [1.165, 1.54) is 0 Å². The minimum absolute atomic E-state index is 0.0617. The van der Waals surface area contributed by atoms with Crippen LogP contribution in [0.2, 0.25) is 0 Å². The fourth-order valence-corrected chi connectivity index (χ4v) is 3.85. The van der Waals surface area contributed by atoms with Crippen LogP contribution < -0.4 is 5.32 Å². The highest BCUT2D eigenvalue weighted by Crippen LogP contribution is 2.34. The topological polar surface area (TPSA) is 86.6 Å². The van der Waals surface area contributed by atoms with Gasteiger partial charge in [-0.2, -0.15) is 0 Å². The van der Waals surface area contributed by atoms with Crippen LogP contribution in [0.5, 0.6) is 5.75 Å². The second kappa shape index (κ2) is 6.46. The van der Waals surface area contributed by atoms with Crippen LogP contribution in [0, 0.1) is 13.1 Å². The average Bonchev–Trinajstić information content (AvgIpc) is 3.16. The smallest absolute Gasteiger partial charge is 0.305 e. The molecule has 0 aromatic heterocycles. The van der Waals surface area contributed by atoms with Gasteiger partial charge in [-0.1, -0.05) is 0 Å². The number of halogens is 2. The Hall–Kier alpha value is -0.580. The number of benzene rings is 1. The van der Waals surface area contributed by atoms with Gasteiger partial charge in [-0.3, -0.25) is 9.59 Å². The Bertz CT molecular complexity index is 558. The lowest BCUT2D eigenvalue weighted by Gasteiger charge is -2.17. The largest absolute Gasteiger partial charge is 0.506 e. The molecule has 1 amide bonds. The van der Waals surface area contributed by atoms with Gasteiger partial charge in [0.1, 0.15) is 5.75 Å². The van der Waals surface area contributed by atoms with Crippen LogP contribution in [0.4, 0.5) is 0 Å². The predicted molar refractivity (Wildman–Crippen MR) is 89.8 cm³/mol. The summed E-state index contributed by atoms with van der Waals surface area (Å²) in [5.74, 6) is -1.17. The number of carboxylic acids is 1. The quantitative estimate of drug-likeness (QED) is 0.542. The third kappa shape index (κ3) is 3.96. The van der Waals surface area contributed by atoms with E-state index in [2.05, 4.69) is 27.9 Å². The molecular weight excluding hydrogens is 488 g/mol. The number of hydrogen-bond acceptors (Lipinski definition) is 3. The van der Waals surface area contributed by atoms with Crippen molar-refractivity contribution in [3.05, 3.63) is 24.8 Å². The fourth-order valence-electron chi connectivity index (χ4n) is 2.01. The summed E-state index contributed by atoms with van der Waals surface area (Å²) < 4.78 is 1.44. The Labute approximate surface area is 143 Å². The molecule has 3 N–H and O–H groups in total. The van der Waals surface area contributed by atoms with Gasteiger partial charge in [0.25, 0.3) is 5.91 Å². The van der Waals surface area contributed by atoms with E-state index in [4.69, 9.17) is 5.11 Å². The molecule has 1 atom stereocenters. The molecule has 0 saturated heterocycles. The SMILES string of the molecule is O=C(O)CC(NC(=O)c1cc(I)cc(I)c1O)C1CC1. The van der Waals surface area contributed by atoms with Crippen molar-refractivity contribution >= 4 is 57.1 Å². The standard InChI is InChI=1S/C13H13I2NO4/c14-7-3-8(12(19)9(15)4-7)13(20)16-10(5-11(17)18)6-1-2-6/h3-4,6,10,19H,1-2,5H2,(H,16,20)(H,17,18). The van der Waals surface area contributed by atoms with Crippen molar-refractivity contribution in [2.24, 2.45) is 5.92 Å². The van der Waals surface area contributed by atoms with Crippen molar-refractivity contribution in [1.82, 2.24) is 5.32 Å². The van der Waals surface area contributed by atoms with Crippen molar-refractivity contribution in [3.8, 4) is 5.75 Å². The van der Waals surface area contributed by atoms with Crippen LogP contribution in [0.25, 0.3) is 0 Å². The normalized spacial score (nSPS) is 15.7. The molecule has 1 aliphatic rings. The average molecular weight is 501 g/mol. The van der Waals surface area contributed by atoms with Crippen LogP contribution >= 0.6 is 45.2 Å². The van der Waals surface area contributed by atoms with E-state index in [0.29, 0.717) is 3.57 Å². The molecule has 1 aliphatic carbocycles. The van der Waals surface area contributed by atoms with Gasteiger partial charge in [-0.25, -0.2) is 0 Å². The lowest BCUT2D eigenvalue weighted by atomic mass is 10.1. The van der Waals surface area contributed by atoms with E-state index in [1.807, 2.05) is 22.6 Å². The molecule has 1 saturated carbocycles. The van der Waals surface area contributed by atoms with E-state index in [9.17, 15) is 14.7 Å². The maximum Gasteiger partial charge on any atom is 0.305 e. The summed E-state index contributed by atoms with van der Waals surface area (Å²) in [4.78, 5) is 23.1. The van der Waals surface area contributed by atoms with Crippen molar-refractivity contribution in [1.29, 1.82) is 0 Å². The van der Waals surface area contributed by atoms with Gasteiger partial charge in [0.15, 0.2) is 0 Å². The van der Waals surface area contributed by atoms with Crippen LogP contribution in [0.1, 0.15) is 29.6 Å². The van der Waals surface area contributed by atoms with E-state index in [0.717, 1.165) is 16.4 Å². The fraction of sp³-hybridized carbons (Fsp3) is 0.385. The van der Waals surface area contributed by atoms with E-state index < -0.39 is 11.9 Å². The summed E-state index contributed by atoms with van der Waals surface area (Å²) in [6.45, 7) is 0. The lowest BCUT2D eigenvalue weighted by molar-refractivity contribution is -0.137.